The minimum absolute atomic E-state index is 0. The molecule has 96 valence electrons. The van der Waals surface area contributed by atoms with Gasteiger partial charge in [0.25, 0.3) is 5.91 Å². The topological polar surface area (TPSA) is 105 Å². The first-order valence-electron chi connectivity index (χ1n) is 4.13. The van der Waals surface area contributed by atoms with Crippen LogP contribution in [-0.2, 0) is 0 Å². The number of halogens is 3. The number of anilines is 1. The molecule has 17 heavy (non-hydrogen) atoms. The molecule has 1 aromatic carbocycles. The Bertz CT molecular complexity index is 439. The number of carbonyl (C=O) groups excluding carboxylic acids is 1. The summed E-state index contributed by atoms with van der Waals surface area (Å²) in [6.45, 7) is 1.84. The third kappa shape index (κ3) is 4.80. The summed E-state index contributed by atoms with van der Waals surface area (Å²) < 4.78 is 0.649. The van der Waals surface area contributed by atoms with Crippen LogP contribution in [0.25, 0.3) is 0 Å². The van der Waals surface area contributed by atoms with Gasteiger partial charge in [-0.2, -0.15) is 0 Å². The number of carbonyl (C=O) groups is 1. The Labute approximate surface area is 120 Å². The molecule has 0 aliphatic heterocycles. The summed E-state index contributed by atoms with van der Waals surface area (Å²) in [6, 6.07) is 3.44. The fourth-order valence-corrected chi connectivity index (χ4v) is 1.71. The van der Waals surface area contributed by atoms with Gasteiger partial charge >= 0.3 is 0 Å². The molecule has 0 atom stereocenters. The van der Waals surface area contributed by atoms with Gasteiger partial charge in [0.05, 0.1) is 11.3 Å². The zero-order valence-electron chi connectivity index (χ0n) is 8.91. The molecule has 0 fully saturated rings. The molecule has 0 aliphatic rings. The van der Waals surface area contributed by atoms with Gasteiger partial charge in [0.2, 0.25) is 0 Å². The quantitative estimate of drug-likeness (QED) is 0.355. The summed E-state index contributed by atoms with van der Waals surface area (Å²) in [6.07, 6.45) is 0. The highest BCUT2D eigenvalue weighted by atomic mass is 79.9. The normalized spacial score (nSPS) is 8.59. The highest BCUT2D eigenvalue weighted by molar-refractivity contribution is 9.10. The number of rotatable bonds is 1. The minimum Gasteiger partial charge on any atom is -0.397 e. The Hall–Kier alpha value is -0.980. The maximum atomic E-state index is 11.5. The number of aryl methyl sites for hydroxylation is 1. The van der Waals surface area contributed by atoms with Crippen LogP contribution in [0.2, 0.25) is 0 Å². The molecule has 6 N–H and O–H groups in total. The number of amides is 1. The number of hydrogen-bond donors (Lipinski definition) is 4. The maximum Gasteiger partial charge on any atom is 0.260 e. The fraction of sp³-hybridized carbons (Fsp3) is 0.111. The SMILES string of the molecule is Cc1cc(Br)c(N)c(C(=O)NC(=N)N)c1.Cl.Cl. The molecule has 5 nitrogen and oxygen atoms in total. The predicted octanol–water partition coefficient (Wildman–Crippen LogP) is 1.81. The van der Waals surface area contributed by atoms with Gasteiger partial charge in [-0.3, -0.25) is 15.5 Å². The number of nitrogens with two attached hydrogens (primary N) is 2. The van der Waals surface area contributed by atoms with Crippen molar-refractivity contribution in [1.29, 1.82) is 5.41 Å². The van der Waals surface area contributed by atoms with E-state index in [1.165, 1.54) is 0 Å². The van der Waals surface area contributed by atoms with E-state index >= 15 is 0 Å². The first-order valence-corrected chi connectivity index (χ1v) is 4.92. The molecule has 0 unspecified atom stereocenters. The minimum atomic E-state index is -0.482. The van der Waals surface area contributed by atoms with E-state index in [-0.39, 0.29) is 24.8 Å². The average molecular weight is 344 g/mol. The predicted molar refractivity (Wildman–Crippen MR) is 77.2 cm³/mol. The lowest BCUT2D eigenvalue weighted by Crippen LogP contribution is -2.36. The van der Waals surface area contributed by atoms with Crippen molar-refractivity contribution in [2.24, 2.45) is 5.73 Å². The maximum absolute atomic E-state index is 11.5. The van der Waals surface area contributed by atoms with Crippen LogP contribution in [0.15, 0.2) is 16.6 Å². The van der Waals surface area contributed by atoms with Crippen molar-refractivity contribution in [2.75, 3.05) is 5.73 Å². The summed E-state index contributed by atoms with van der Waals surface area (Å²) in [4.78, 5) is 11.5. The van der Waals surface area contributed by atoms with E-state index in [4.69, 9.17) is 16.9 Å². The first-order chi connectivity index (χ1) is 6.91. The number of nitrogen functional groups attached to an aromatic ring is 1. The Morgan fingerprint density at radius 2 is 1.94 bits per heavy atom. The molecule has 0 saturated carbocycles. The molecule has 1 aromatic rings. The Morgan fingerprint density at radius 1 is 1.41 bits per heavy atom. The van der Waals surface area contributed by atoms with Gasteiger partial charge in [0, 0.05) is 4.47 Å². The van der Waals surface area contributed by atoms with E-state index < -0.39 is 11.9 Å². The smallest absolute Gasteiger partial charge is 0.260 e. The van der Waals surface area contributed by atoms with Crippen LogP contribution in [0.3, 0.4) is 0 Å². The summed E-state index contributed by atoms with van der Waals surface area (Å²) in [5.41, 5.74) is 12.3. The Morgan fingerprint density at radius 3 is 2.41 bits per heavy atom. The van der Waals surface area contributed by atoms with Crippen LogP contribution in [0.1, 0.15) is 15.9 Å². The number of nitrogens with one attached hydrogen (secondary N) is 2. The zero-order chi connectivity index (χ0) is 11.6. The monoisotopic (exact) mass is 342 g/mol. The molecule has 0 saturated heterocycles. The largest absolute Gasteiger partial charge is 0.397 e. The molecule has 0 aliphatic carbocycles. The van der Waals surface area contributed by atoms with Crippen molar-refractivity contribution >= 4 is 58.3 Å². The van der Waals surface area contributed by atoms with Crippen molar-refractivity contribution in [3.8, 4) is 0 Å². The fourth-order valence-electron chi connectivity index (χ4n) is 1.13. The van der Waals surface area contributed by atoms with E-state index in [1.807, 2.05) is 6.92 Å². The highest BCUT2D eigenvalue weighted by Gasteiger charge is 2.12. The molecule has 0 radical (unpaired) electrons. The van der Waals surface area contributed by atoms with Crippen LogP contribution in [0.5, 0.6) is 0 Å². The van der Waals surface area contributed by atoms with Crippen molar-refractivity contribution in [3.05, 3.63) is 27.7 Å². The van der Waals surface area contributed by atoms with E-state index in [0.29, 0.717) is 15.7 Å². The lowest BCUT2D eigenvalue weighted by molar-refractivity contribution is 0.0977. The molecular formula is C9H13BrCl2N4O. The molecule has 0 bridgehead atoms. The summed E-state index contributed by atoms with van der Waals surface area (Å²) in [5, 5.41) is 9.12. The molecule has 8 heteroatoms. The van der Waals surface area contributed by atoms with E-state index in [2.05, 4.69) is 21.2 Å². The van der Waals surface area contributed by atoms with Crippen molar-refractivity contribution < 1.29 is 4.79 Å². The molecule has 0 heterocycles. The average Bonchev–Trinajstić information content (AvgIpc) is 2.09. The van der Waals surface area contributed by atoms with Crippen molar-refractivity contribution in [1.82, 2.24) is 5.32 Å². The van der Waals surface area contributed by atoms with Crippen LogP contribution < -0.4 is 16.8 Å². The second-order valence-electron chi connectivity index (χ2n) is 3.08. The number of hydrogen-bond acceptors (Lipinski definition) is 3. The van der Waals surface area contributed by atoms with Gasteiger partial charge in [-0.25, -0.2) is 0 Å². The molecule has 1 rings (SSSR count). The van der Waals surface area contributed by atoms with Gasteiger partial charge < -0.3 is 11.5 Å². The summed E-state index contributed by atoms with van der Waals surface area (Å²) in [5.74, 6) is -0.888. The van der Waals surface area contributed by atoms with Crippen LogP contribution in [0.4, 0.5) is 5.69 Å². The summed E-state index contributed by atoms with van der Waals surface area (Å²) in [7, 11) is 0. The van der Waals surface area contributed by atoms with Crippen LogP contribution >= 0.6 is 40.7 Å². The van der Waals surface area contributed by atoms with Crippen molar-refractivity contribution in [2.45, 2.75) is 6.92 Å². The van der Waals surface area contributed by atoms with E-state index in [0.717, 1.165) is 5.56 Å². The number of guanidine groups is 1. The van der Waals surface area contributed by atoms with Crippen molar-refractivity contribution in [3.63, 3.8) is 0 Å². The highest BCUT2D eigenvalue weighted by Crippen LogP contribution is 2.25. The lowest BCUT2D eigenvalue weighted by atomic mass is 10.1. The number of benzene rings is 1. The summed E-state index contributed by atoms with van der Waals surface area (Å²) >= 11 is 3.24. The Kier molecular flexibility index (Phi) is 7.97. The zero-order valence-corrected chi connectivity index (χ0v) is 12.1. The van der Waals surface area contributed by atoms with E-state index in [9.17, 15) is 4.79 Å². The van der Waals surface area contributed by atoms with Gasteiger partial charge in [-0.1, -0.05) is 0 Å². The molecular weight excluding hydrogens is 331 g/mol. The Balaban J connectivity index is 0. The first kappa shape index (κ1) is 18.4. The second-order valence-corrected chi connectivity index (χ2v) is 3.93. The molecule has 1 amide bonds. The third-order valence-electron chi connectivity index (χ3n) is 1.77. The molecule has 0 spiro atoms. The third-order valence-corrected chi connectivity index (χ3v) is 2.42. The van der Waals surface area contributed by atoms with Crippen LogP contribution in [-0.4, -0.2) is 11.9 Å². The van der Waals surface area contributed by atoms with Gasteiger partial charge in [0.15, 0.2) is 5.96 Å². The van der Waals surface area contributed by atoms with Gasteiger partial charge in [0.1, 0.15) is 0 Å². The molecule has 0 aromatic heterocycles. The van der Waals surface area contributed by atoms with E-state index in [1.54, 1.807) is 12.1 Å². The van der Waals surface area contributed by atoms with Gasteiger partial charge in [-0.15, -0.1) is 24.8 Å². The van der Waals surface area contributed by atoms with Gasteiger partial charge in [-0.05, 0) is 40.5 Å². The van der Waals surface area contributed by atoms with Crippen LogP contribution in [0, 0.1) is 12.3 Å². The standard InChI is InChI=1S/C9H11BrN4O.2ClH/c1-4-2-5(7(11)6(10)3-4)8(15)14-9(12)13;;/h2-3H,11H2,1H3,(H4,12,13,14,15);2*1H. The lowest BCUT2D eigenvalue weighted by Gasteiger charge is -2.08. The second kappa shape index (κ2) is 7.37.